The van der Waals surface area contributed by atoms with Crippen molar-refractivity contribution in [1.82, 2.24) is 9.38 Å². The van der Waals surface area contributed by atoms with E-state index in [1.807, 2.05) is 30.8 Å². The summed E-state index contributed by atoms with van der Waals surface area (Å²) in [7, 11) is 2.05. The van der Waals surface area contributed by atoms with Crippen molar-refractivity contribution in [2.45, 2.75) is 12.4 Å². The third-order valence-electron chi connectivity index (χ3n) is 3.14. The lowest BCUT2D eigenvalue weighted by molar-refractivity contribution is 0.893. The minimum absolute atomic E-state index is 0.454. The second-order valence-corrected chi connectivity index (χ2v) is 6.61. The van der Waals surface area contributed by atoms with Gasteiger partial charge in [0.15, 0.2) is 10.8 Å². The highest BCUT2D eigenvalue weighted by atomic mass is 79.9. The van der Waals surface area contributed by atoms with E-state index in [4.69, 9.17) is 11.6 Å². The van der Waals surface area contributed by atoms with E-state index in [2.05, 4.69) is 42.3 Å². The van der Waals surface area contributed by atoms with Gasteiger partial charge >= 0.3 is 0 Å². The summed E-state index contributed by atoms with van der Waals surface area (Å²) in [4.78, 5) is 7.79. The first-order chi connectivity index (χ1) is 9.69. The van der Waals surface area contributed by atoms with Crippen molar-refractivity contribution in [3.63, 3.8) is 0 Å². The molecular formula is C14H13BrClN3S. The van der Waals surface area contributed by atoms with Crippen molar-refractivity contribution in [3.8, 4) is 0 Å². The van der Waals surface area contributed by atoms with E-state index in [1.165, 1.54) is 5.56 Å². The number of anilines is 1. The molecule has 2 aromatic heterocycles. The fourth-order valence-electron chi connectivity index (χ4n) is 2.24. The first-order valence-electron chi connectivity index (χ1n) is 6.15. The molecule has 0 saturated heterocycles. The number of nitrogens with zero attached hydrogens (tertiary/aromatic N) is 3. The molecule has 0 aliphatic rings. The van der Waals surface area contributed by atoms with Crippen LogP contribution in [0, 0.1) is 0 Å². The molecule has 0 aliphatic heterocycles. The zero-order valence-corrected chi connectivity index (χ0v) is 14.0. The Bertz CT molecular complexity index is 737. The third kappa shape index (κ3) is 2.57. The first kappa shape index (κ1) is 13.9. The standard InChI is InChI=1S/C14H13BrClN3S/c1-18(9-10-3-2-4-11(15)7-10)13-12(8-16)19-5-6-20-14(19)17-13/h2-7H,8-9H2,1H3. The second-order valence-electron chi connectivity index (χ2n) is 4.56. The largest absolute Gasteiger partial charge is 0.354 e. The molecule has 104 valence electrons. The zero-order chi connectivity index (χ0) is 14.1. The van der Waals surface area contributed by atoms with E-state index in [0.29, 0.717) is 5.88 Å². The topological polar surface area (TPSA) is 20.5 Å². The molecule has 3 rings (SSSR count). The van der Waals surface area contributed by atoms with Gasteiger partial charge in [0.1, 0.15) is 0 Å². The van der Waals surface area contributed by atoms with Gasteiger partial charge in [0.2, 0.25) is 0 Å². The highest BCUT2D eigenvalue weighted by Gasteiger charge is 2.16. The van der Waals surface area contributed by atoms with Crippen LogP contribution in [0.5, 0.6) is 0 Å². The predicted octanol–water partition coefficient (Wildman–Crippen LogP) is 4.53. The fraction of sp³-hybridized carbons (Fsp3) is 0.214. The number of benzene rings is 1. The Morgan fingerprint density at radius 1 is 1.45 bits per heavy atom. The Morgan fingerprint density at radius 2 is 2.30 bits per heavy atom. The van der Waals surface area contributed by atoms with Gasteiger partial charge in [-0.25, -0.2) is 4.98 Å². The summed E-state index contributed by atoms with van der Waals surface area (Å²) in [6.07, 6.45) is 2.02. The van der Waals surface area contributed by atoms with Crippen molar-refractivity contribution < 1.29 is 0 Å². The molecule has 0 amide bonds. The number of hydrogen-bond donors (Lipinski definition) is 0. The van der Waals surface area contributed by atoms with E-state index < -0.39 is 0 Å². The number of fused-ring (bicyclic) bond motifs is 1. The first-order valence-corrected chi connectivity index (χ1v) is 8.35. The normalized spacial score (nSPS) is 11.2. The lowest BCUT2D eigenvalue weighted by atomic mass is 10.2. The monoisotopic (exact) mass is 369 g/mol. The van der Waals surface area contributed by atoms with Crippen molar-refractivity contribution in [3.05, 3.63) is 51.6 Å². The molecule has 0 aliphatic carbocycles. The second kappa shape index (κ2) is 5.76. The van der Waals surface area contributed by atoms with Crippen molar-refractivity contribution >= 4 is 49.6 Å². The number of aromatic nitrogens is 2. The average Bonchev–Trinajstić information content (AvgIpc) is 2.98. The van der Waals surface area contributed by atoms with Gasteiger partial charge in [-0.3, -0.25) is 4.40 Å². The summed E-state index contributed by atoms with van der Waals surface area (Å²) in [5.74, 6) is 1.41. The molecule has 1 aromatic carbocycles. The summed E-state index contributed by atoms with van der Waals surface area (Å²) < 4.78 is 3.15. The van der Waals surface area contributed by atoms with Gasteiger partial charge in [0.25, 0.3) is 0 Å². The van der Waals surface area contributed by atoms with E-state index in [1.54, 1.807) is 11.3 Å². The van der Waals surface area contributed by atoms with Gasteiger partial charge in [-0.2, -0.15) is 0 Å². The number of hydrogen-bond acceptors (Lipinski definition) is 3. The molecule has 0 saturated carbocycles. The number of alkyl halides is 1. The fourth-order valence-corrected chi connectivity index (χ4v) is 3.66. The molecule has 3 aromatic rings. The quantitative estimate of drug-likeness (QED) is 0.629. The summed E-state index contributed by atoms with van der Waals surface area (Å²) in [6.45, 7) is 0.800. The van der Waals surface area contributed by atoms with Crippen LogP contribution in [-0.2, 0) is 12.4 Å². The predicted molar refractivity (Wildman–Crippen MR) is 88.9 cm³/mol. The molecule has 0 radical (unpaired) electrons. The molecule has 0 spiro atoms. The van der Waals surface area contributed by atoms with Gasteiger partial charge in [-0.05, 0) is 17.7 Å². The lowest BCUT2D eigenvalue weighted by Gasteiger charge is -2.18. The van der Waals surface area contributed by atoms with Crippen LogP contribution < -0.4 is 4.90 Å². The van der Waals surface area contributed by atoms with Gasteiger partial charge < -0.3 is 4.90 Å². The van der Waals surface area contributed by atoms with E-state index in [9.17, 15) is 0 Å². The van der Waals surface area contributed by atoms with Gasteiger partial charge in [0, 0.05) is 29.6 Å². The van der Waals surface area contributed by atoms with Crippen LogP contribution in [0.4, 0.5) is 5.82 Å². The zero-order valence-electron chi connectivity index (χ0n) is 10.9. The number of halogens is 2. The van der Waals surface area contributed by atoms with Gasteiger partial charge in [0.05, 0.1) is 11.6 Å². The SMILES string of the molecule is CN(Cc1cccc(Br)c1)c1nc2sccn2c1CCl. The van der Waals surface area contributed by atoms with Crippen molar-refractivity contribution in [2.24, 2.45) is 0 Å². The Hall–Kier alpha value is -1.04. The van der Waals surface area contributed by atoms with Crippen LogP contribution in [-0.4, -0.2) is 16.4 Å². The third-order valence-corrected chi connectivity index (χ3v) is 4.64. The van der Waals surface area contributed by atoms with Crippen LogP contribution in [0.1, 0.15) is 11.3 Å². The summed E-state index contributed by atoms with van der Waals surface area (Å²) in [5.41, 5.74) is 2.28. The highest BCUT2D eigenvalue weighted by molar-refractivity contribution is 9.10. The smallest absolute Gasteiger partial charge is 0.195 e. The van der Waals surface area contributed by atoms with E-state index >= 15 is 0 Å². The van der Waals surface area contributed by atoms with Crippen molar-refractivity contribution in [2.75, 3.05) is 11.9 Å². The number of thiazole rings is 1. The average molecular weight is 371 g/mol. The molecule has 0 unspecified atom stereocenters. The maximum atomic E-state index is 6.09. The van der Waals surface area contributed by atoms with Crippen LogP contribution in [0.3, 0.4) is 0 Å². The Morgan fingerprint density at radius 3 is 3.05 bits per heavy atom. The maximum Gasteiger partial charge on any atom is 0.195 e. The molecule has 2 heterocycles. The van der Waals surface area contributed by atoms with Crippen LogP contribution >= 0.6 is 38.9 Å². The molecule has 0 fully saturated rings. The van der Waals surface area contributed by atoms with Gasteiger partial charge in [-0.1, -0.05) is 28.1 Å². The molecule has 6 heteroatoms. The van der Waals surface area contributed by atoms with Crippen LogP contribution in [0.25, 0.3) is 4.96 Å². The summed E-state index contributed by atoms with van der Waals surface area (Å²) in [6, 6.07) is 8.30. The van der Waals surface area contributed by atoms with E-state index in [-0.39, 0.29) is 0 Å². The summed E-state index contributed by atoms with van der Waals surface area (Å²) in [5, 5.41) is 2.02. The maximum absolute atomic E-state index is 6.09. The van der Waals surface area contributed by atoms with Crippen LogP contribution in [0.2, 0.25) is 0 Å². The molecule has 3 nitrogen and oxygen atoms in total. The minimum Gasteiger partial charge on any atom is -0.354 e. The Kier molecular flexibility index (Phi) is 4.01. The highest BCUT2D eigenvalue weighted by Crippen LogP contribution is 2.26. The summed E-state index contributed by atoms with van der Waals surface area (Å²) >= 11 is 11.2. The van der Waals surface area contributed by atoms with Gasteiger partial charge in [-0.15, -0.1) is 22.9 Å². The molecule has 0 atom stereocenters. The molecule has 0 bridgehead atoms. The Balaban J connectivity index is 1.92. The minimum atomic E-state index is 0.454. The molecule has 0 N–H and O–H groups in total. The number of imidazole rings is 1. The van der Waals surface area contributed by atoms with Crippen molar-refractivity contribution in [1.29, 1.82) is 0 Å². The molecule has 20 heavy (non-hydrogen) atoms. The Labute approximate surface area is 134 Å². The van der Waals surface area contributed by atoms with E-state index in [0.717, 1.165) is 27.5 Å². The van der Waals surface area contributed by atoms with Crippen LogP contribution in [0.15, 0.2) is 40.3 Å². The molecular weight excluding hydrogens is 358 g/mol. The number of rotatable bonds is 4. The lowest BCUT2D eigenvalue weighted by Crippen LogP contribution is -2.18.